The highest BCUT2D eigenvalue weighted by Gasteiger charge is 2.86. The van der Waals surface area contributed by atoms with Gasteiger partial charge in [0.2, 0.25) is 5.91 Å². The van der Waals surface area contributed by atoms with Gasteiger partial charge in [0.25, 0.3) is 0 Å². The number of fused-ring (bicyclic) bond motifs is 2. The molecule has 2 saturated carbocycles. The minimum atomic E-state index is -4.48. The van der Waals surface area contributed by atoms with Gasteiger partial charge in [0.1, 0.15) is 11.5 Å². The third kappa shape index (κ3) is 3.56. The van der Waals surface area contributed by atoms with E-state index < -0.39 is 22.9 Å². The highest BCUT2D eigenvalue weighted by Crippen LogP contribution is 2.75. The maximum Gasteiger partial charge on any atom is 0.397 e. The smallest absolute Gasteiger partial charge is 0.369 e. The number of alkyl halides is 3. The number of likely N-dealkylation sites (tertiary alicyclic amines) is 1. The second-order valence-electron chi connectivity index (χ2n) is 10.8. The summed E-state index contributed by atoms with van der Waals surface area (Å²) in [5, 5.41) is 13.0. The fraction of sp³-hybridized carbons (Fsp3) is 0.577. The molecule has 1 N–H and O–H groups in total. The molecule has 0 unspecified atom stereocenters. The topological polar surface area (TPSA) is 72.3 Å². The molecule has 0 radical (unpaired) electrons. The van der Waals surface area contributed by atoms with Gasteiger partial charge in [-0.1, -0.05) is 0 Å². The molecule has 4 fully saturated rings. The van der Waals surface area contributed by atoms with Gasteiger partial charge in [0.05, 0.1) is 16.5 Å². The largest absolute Gasteiger partial charge is 0.397 e. The first kappa shape index (κ1) is 22.6. The Morgan fingerprint density at radius 1 is 1.17 bits per heavy atom. The number of pyridine rings is 1. The maximum atomic E-state index is 14.4. The number of nitrogens with one attached hydrogen (secondary N) is 1. The Kier molecular flexibility index (Phi) is 5.05. The van der Waals surface area contributed by atoms with Crippen LogP contribution in [0.15, 0.2) is 30.5 Å². The van der Waals surface area contributed by atoms with Crippen molar-refractivity contribution in [3.05, 3.63) is 36.0 Å². The second kappa shape index (κ2) is 7.82. The number of carbonyl (C=O) groups is 1. The molecule has 6 nitrogen and oxygen atoms in total. The number of benzene rings is 1. The molecular formula is C26H28F3N5O. The average molecular weight is 484 g/mol. The van der Waals surface area contributed by atoms with E-state index in [0.29, 0.717) is 22.2 Å². The quantitative estimate of drug-likeness (QED) is 0.700. The normalized spacial score (nSPS) is 29.1. The summed E-state index contributed by atoms with van der Waals surface area (Å²) >= 11 is 0. The summed E-state index contributed by atoms with van der Waals surface area (Å²) in [6.45, 7) is 2.61. The van der Waals surface area contributed by atoms with E-state index in [2.05, 4.69) is 21.3 Å². The first-order valence-electron chi connectivity index (χ1n) is 12.4. The van der Waals surface area contributed by atoms with Crippen LogP contribution < -0.4 is 10.2 Å². The fourth-order valence-corrected chi connectivity index (χ4v) is 6.37. The van der Waals surface area contributed by atoms with E-state index in [1.54, 1.807) is 35.4 Å². The van der Waals surface area contributed by atoms with Crippen LogP contribution in [0.1, 0.15) is 37.7 Å². The van der Waals surface area contributed by atoms with Crippen molar-refractivity contribution < 1.29 is 18.0 Å². The van der Waals surface area contributed by atoms with Crippen LogP contribution in [-0.4, -0.2) is 60.7 Å². The maximum absolute atomic E-state index is 14.4. The van der Waals surface area contributed by atoms with Crippen molar-refractivity contribution >= 4 is 22.5 Å². The molecule has 6 rings (SSSR count). The van der Waals surface area contributed by atoms with Crippen LogP contribution >= 0.6 is 0 Å². The zero-order valence-electron chi connectivity index (χ0n) is 19.4. The lowest BCUT2D eigenvalue weighted by molar-refractivity contribution is -0.191. The molecule has 1 aromatic carbocycles. The van der Waals surface area contributed by atoms with Crippen molar-refractivity contribution in [2.75, 3.05) is 37.6 Å². The number of rotatable bonds is 5. The summed E-state index contributed by atoms with van der Waals surface area (Å²) in [6.07, 6.45) is 1.06. The van der Waals surface area contributed by atoms with Crippen LogP contribution in [0, 0.1) is 28.1 Å². The van der Waals surface area contributed by atoms with Crippen molar-refractivity contribution in [1.29, 1.82) is 5.26 Å². The van der Waals surface area contributed by atoms with Gasteiger partial charge in [-0.3, -0.25) is 9.78 Å². The van der Waals surface area contributed by atoms with Crippen molar-refractivity contribution in [2.24, 2.45) is 16.7 Å². The molecule has 9 heteroatoms. The minimum Gasteiger partial charge on any atom is -0.369 e. The predicted octanol–water partition coefficient (Wildman–Crippen LogP) is 3.86. The van der Waals surface area contributed by atoms with E-state index in [0.717, 1.165) is 38.4 Å². The summed E-state index contributed by atoms with van der Waals surface area (Å²) in [5.74, 6) is 0.339. The van der Waals surface area contributed by atoms with Gasteiger partial charge in [-0.2, -0.15) is 18.4 Å². The minimum absolute atomic E-state index is 0.00869. The van der Waals surface area contributed by atoms with Crippen molar-refractivity contribution in [3.8, 4) is 6.07 Å². The van der Waals surface area contributed by atoms with Crippen molar-refractivity contribution in [3.63, 3.8) is 0 Å². The van der Waals surface area contributed by atoms with Gasteiger partial charge in [-0.15, -0.1) is 0 Å². The van der Waals surface area contributed by atoms with E-state index >= 15 is 0 Å². The van der Waals surface area contributed by atoms with Crippen molar-refractivity contribution in [2.45, 2.75) is 44.3 Å². The molecule has 35 heavy (non-hydrogen) atoms. The lowest BCUT2D eigenvalue weighted by Gasteiger charge is -2.33. The van der Waals surface area contributed by atoms with Crippen LogP contribution in [0.5, 0.6) is 0 Å². The van der Waals surface area contributed by atoms with E-state index in [1.165, 1.54) is 12.8 Å². The number of carbonyl (C=O) groups excluding carboxylic acids is 1. The third-order valence-corrected chi connectivity index (χ3v) is 8.64. The molecule has 0 spiro atoms. The highest BCUT2D eigenvalue weighted by atomic mass is 19.4. The molecule has 2 aromatic rings. The van der Waals surface area contributed by atoms with Gasteiger partial charge in [0.15, 0.2) is 0 Å². The summed E-state index contributed by atoms with van der Waals surface area (Å²) in [6, 6.07) is 8.77. The predicted molar refractivity (Wildman–Crippen MR) is 125 cm³/mol. The lowest BCUT2D eigenvalue weighted by atomic mass is 9.93. The first-order chi connectivity index (χ1) is 16.8. The second-order valence-corrected chi connectivity index (χ2v) is 10.8. The number of nitrogens with zero attached hydrogens (tertiary/aromatic N) is 4. The summed E-state index contributed by atoms with van der Waals surface area (Å²) in [7, 11) is 0. The van der Waals surface area contributed by atoms with Gasteiger partial charge < -0.3 is 15.1 Å². The van der Waals surface area contributed by atoms with Gasteiger partial charge >= 0.3 is 6.18 Å². The highest BCUT2D eigenvalue weighted by molar-refractivity contribution is 5.97. The van der Waals surface area contributed by atoms with Gasteiger partial charge in [-0.25, -0.2) is 0 Å². The molecule has 1 amide bonds. The lowest BCUT2D eigenvalue weighted by Crippen LogP contribution is -2.49. The molecule has 2 atom stereocenters. The number of nitriles is 1. The van der Waals surface area contributed by atoms with E-state index in [9.17, 15) is 23.2 Å². The van der Waals surface area contributed by atoms with E-state index in [-0.39, 0.29) is 25.6 Å². The summed E-state index contributed by atoms with van der Waals surface area (Å²) < 4.78 is 43.2. The van der Waals surface area contributed by atoms with Crippen LogP contribution in [-0.2, 0) is 4.79 Å². The fourth-order valence-electron chi connectivity index (χ4n) is 6.37. The SMILES string of the molecule is N#Cc1ccc(N2C[C@@]3(C(=O)NC4CCN(CC5CC5)CC4)C[C@@]3(C(F)(F)F)C2)c2cccnc12. The molecule has 4 aliphatic rings. The average Bonchev–Trinajstić information content (AvgIpc) is 3.76. The first-order valence-corrected chi connectivity index (χ1v) is 12.4. The Labute approximate surface area is 202 Å². The third-order valence-electron chi connectivity index (χ3n) is 8.64. The van der Waals surface area contributed by atoms with Gasteiger partial charge in [0, 0.05) is 56.0 Å². The number of aromatic nitrogens is 1. The molecule has 184 valence electrons. The Morgan fingerprint density at radius 3 is 2.63 bits per heavy atom. The molecule has 2 aliphatic heterocycles. The number of hydrogen-bond acceptors (Lipinski definition) is 5. The molecule has 1 aromatic heterocycles. The number of halogens is 3. The van der Waals surface area contributed by atoms with Crippen LogP contribution in [0.25, 0.3) is 10.9 Å². The Bertz CT molecular complexity index is 1210. The molecule has 2 saturated heterocycles. The Hall–Kier alpha value is -2.86. The van der Waals surface area contributed by atoms with Crippen LogP contribution in [0.3, 0.4) is 0 Å². The molecule has 3 heterocycles. The molecular weight excluding hydrogens is 455 g/mol. The van der Waals surface area contributed by atoms with Crippen molar-refractivity contribution in [1.82, 2.24) is 15.2 Å². The monoisotopic (exact) mass is 483 g/mol. The Morgan fingerprint density at radius 2 is 1.94 bits per heavy atom. The van der Waals surface area contributed by atoms with Gasteiger partial charge in [-0.05, 0) is 62.3 Å². The van der Waals surface area contributed by atoms with E-state index in [1.807, 2.05) is 0 Å². The standard InChI is InChI=1S/C26H28F3N5O/c27-26(28,29)25-14-24(25,23(35)32-19-7-10-33(11-8-19)13-17-3-4-17)15-34(16-25)21-6-5-18(12-30)22-20(21)2-1-9-31-22/h1-2,5-6,9,17,19H,3-4,7-8,10-11,13-16H2,(H,32,35)/t24-,25-/m1/s1. The van der Waals surface area contributed by atoms with E-state index in [4.69, 9.17) is 0 Å². The molecule has 0 bridgehead atoms. The summed E-state index contributed by atoms with van der Waals surface area (Å²) in [4.78, 5) is 21.8. The Balaban J connectivity index is 1.23. The zero-order chi connectivity index (χ0) is 24.4. The van der Waals surface area contributed by atoms with Crippen LogP contribution in [0.2, 0.25) is 0 Å². The zero-order valence-corrected chi connectivity index (χ0v) is 19.4. The number of amides is 1. The number of anilines is 1. The number of hydrogen-bond donors (Lipinski definition) is 1. The summed E-state index contributed by atoms with van der Waals surface area (Å²) in [5.41, 5.74) is -2.09. The van der Waals surface area contributed by atoms with Crippen LogP contribution in [0.4, 0.5) is 18.9 Å². The molecule has 2 aliphatic carbocycles. The number of piperidine rings is 2.